The maximum atomic E-state index is 11.4. The SMILES string of the molecule is COC(=O)C=Cc1c(Cl)nc(C)n1Cc1ccc(C#Cc2ccccc2)cc1Cl. The van der Waals surface area contributed by atoms with Crippen LogP contribution in [0.1, 0.15) is 28.2 Å². The molecule has 0 unspecified atom stereocenters. The van der Waals surface area contributed by atoms with Crippen molar-refractivity contribution in [3.63, 3.8) is 0 Å². The number of aromatic nitrogens is 2. The second-order valence-corrected chi connectivity index (χ2v) is 6.97. The van der Waals surface area contributed by atoms with Gasteiger partial charge in [-0.25, -0.2) is 9.78 Å². The monoisotopic (exact) mass is 424 g/mol. The highest BCUT2D eigenvalue weighted by Gasteiger charge is 2.13. The third kappa shape index (κ3) is 5.29. The van der Waals surface area contributed by atoms with Crippen LogP contribution in [-0.4, -0.2) is 22.6 Å². The maximum absolute atomic E-state index is 11.4. The van der Waals surface area contributed by atoms with Crippen molar-refractivity contribution in [1.29, 1.82) is 0 Å². The average molecular weight is 425 g/mol. The van der Waals surface area contributed by atoms with E-state index in [1.54, 1.807) is 6.08 Å². The normalized spacial score (nSPS) is 10.6. The summed E-state index contributed by atoms with van der Waals surface area (Å²) in [5.74, 6) is 6.48. The van der Waals surface area contributed by atoms with Crippen LogP contribution in [0.4, 0.5) is 0 Å². The predicted octanol–water partition coefficient (Wildman–Crippen LogP) is 5.13. The summed E-state index contributed by atoms with van der Waals surface area (Å²) in [5.41, 5.74) is 3.27. The van der Waals surface area contributed by atoms with Crippen molar-refractivity contribution < 1.29 is 9.53 Å². The standard InChI is InChI=1S/C23H18Cl2N2O2/c1-16-26-23(25)21(12-13-22(28)29-2)27(16)15-19-11-10-18(14-20(19)24)9-8-17-6-4-3-5-7-17/h3-7,10-14H,15H2,1-2H3. The van der Waals surface area contributed by atoms with E-state index in [0.29, 0.717) is 28.2 Å². The summed E-state index contributed by atoms with van der Waals surface area (Å²) in [7, 11) is 1.32. The van der Waals surface area contributed by atoms with Gasteiger partial charge in [0.1, 0.15) is 5.82 Å². The molecule has 29 heavy (non-hydrogen) atoms. The fourth-order valence-corrected chi connectivity index (χ4v) is 3.24. The van der Waals surface area contributed by atoms with Gasteiger partial charge in [-0.05, 0) is 42.8 Å². The minimum Gasteiger partial charge on any atom is -0.466 e. The number of hydrogen-bond donors (Lipinski definition) is 0. The van der Waals surface area contributed by atoms with Gasteiger partial charge < -0.3 is 9.30 Å². The zero-order valence-corrected chi connectivity index (χ0v) is 17.5. The van der Waals surface area contributed by atoms with Crippen molar-refractivity contribution in [3.05, 3.63) is 93.0 Å². The molecule has 0 aliphatic heterocycles. The summed E-state index contributed by atoms with van der Waals surface area (Å²) in [5, 5.41) is 0.904. The third-order valence-electron chi connectivity index (χ3n) is 4.24. The largest absolute Gasteiger partial charge is 0.466 e. The third-order valence-corrected chi connectivity index (χ3v) is 4.87. The molecule has 0 amide bonds. The molecule has 0 aliphatic rings. The minimum atomic E-state index is -0.467. The van der Waals surface area contributed by atoms with Gasteiger partial charge in [-0.3, -0.25) is 0 Å². The molecule has 0 aliphatic carbocycles. The highest BCUT2D eigenvalue weighted by molar-refractivity contribution is 6.31. The van der Waals surface area contributed by atoms with E-state index in [9.17, 15) is 4.79 Å². The van der Waals surface area contributed by atoms with Gasteiger partial charge in [0.2, 0.25) is 0 Å². The predicted molar refractivity (Wildman–Crippen MR) is 116 cm³/mol. The number of rotatable bonds is 4. The molecule has 0 fully saturated rings. The maximum Gasteiger partial charge on any atom is 0.330 e. The van der Waals surface area contributed by atoms with Gasteiger partial charge in [0.05, 0.1) is 19.3 Å². The number of carbonyl (C=O) groups is 1. The van der Waals surface area contributed by atoms with Crippen molar-refractivity contribution in [2.45, 2.75) is 13.5 Å². The second kappa shape index (κ2) is 9.47. The lowest BCUT2D eigenvalue weighted by Crippen LogP contribution is -2.05. The number of aryl methyl sites for hydroxylation is 1. The number of esters is 1. The molecule has 1 heterocycles. The topological polar surface area (TPSA) is 44.1 Å². The lowest BCUT2D eigenvalue weighted by atomic mass is 10.1. The van der Waals surface area contributed by atoms with E-state index >= 15 is 0 Å². The quantitative estimate of drug-likeness (QED) is 0.331. The van der Waals surface area contributed by atoms with E-state index in [4.69, 9.17) is 23.2 Å². The van der Waals surface area contributed by atoms with Crippen molar-refractivity contribution in [2.24, 2.45) is 0 Å². The number of methoxy groups -OCH3 is 1. The Kier molecular flexibility index (Phi) is 6.77. The Morgan fingerprint density at radius 1 is 1.14 bits per heavy atom. The van der Waals surface area contributed by atoms with Crippen molar-refractivity contribution in [3.8, 4) is 11.8 Å². The van der Waals surface area contributed by atoms with E-state index in [2.05, 4.69) is 21.6 Å². The van der Waals surface area contributed by atoms with Crippen LogP contribution >= 0.6 is 23.2 Å². The summed E-state index contributed by atoms with van der Waals surface area (Å²) in [6, 6.07) is 15.5. The first-order chi connectivity index (χ1) is 14.0. The highest BCUT2D eigenvalue weighted by Crippen LogP contribution is 2.24. The van der Waals surface area contributed by atoms with Gasteiger partial charge in [0.15, 0.2) is 5.15 Å². The molecule has 0 radical (unpaired) electrons. The Morgan fingerprint density at radius 2 is 1.86 bits per heavy atom. The number of ether oxygens (including phenoxy) is 1. The van der Waals surface area contributed by atoms with E-state index < -0.39 is 5.97 Å². The number of imidazole rings is 1. The number of nitrogens with zero attached hydrogens (tertiary/aromatic N) is 2. The highest BCUT2D eigenvalue weighted by atomic mass is 35.5. The minimum absolute atomic E-state index is 0.309. The molecule has 1 aromatic heterocycles. The summed E-state index contributed by atoms with van der Waals surface area (Å²) in [6.45, 7) is 2.30. The summed E-state index contributed by atoms with van der Waals surface area (Å²) in [6.07, 6.45) is 2.89. The van der Waals surface area contributed by atoms with E-state index in [1.165, 1.54) is 13.2 Å². The Morgan fingerprint density at radius 3 is 2.55 bits per heavy atom. The van der Waals surface area contributed by atoms with Crippen molar-refractivity contribution >= 4 is 35.2 Å². The molecule has 0 spiro atoms. The molecule has 146 valence electrons. The number of halogens is 2. The lowest BCUT2D eigenvalue weighted by Gasteiger charge is -2.10. The Hall–Kier alpha value is -3.00. The van der Waals surface area contributed by atoms with Crippen LogP contribution < -0.4 is 0 Å². The zero-order valence-electron chi connectivity index (χ0n) is 15.9. The first-order valence-corrected chi connectivity index (χ1v) is 9.57. The van der Waals surface area contributed by atoms with Crippen LogP contribution in [0.2, 0.25) is 10.2 Å². The van der Waals surface area contributed by atoms with Gasteiger partial charge in [0.25, 0.3) is 0 Å². The summed E-state index contributed by atoms with van der Waals surface area (Å²) < 4.78 is 6.52. The molecule has 0 saturated heterocycles. The summed E-state index contributed by atoms with van der Waals surface area (Å²) >= 11 is 12.7. The van der Waals surface area contributed by atoms with Gasteiger partial charge in [0, 0.05) is 22.2 Å². The van der Waals surface area contributed by atoms with Crippen molar-refractivity contribution in [1.82, 2.24) is 9.55 Å². The summed E-state index contributed by atoms with van der Waals surface area (Å²) in [4.78, 5) is 15.7. The van der Waals surface area contributed by atoms with Gasteiger partial charge in [-0.2, -0.15) is 0 Å². The second-order valence-electron chi connectivity index (χ2n) is 6.20. The fourth-order valence-electron chi connectivity index (χ4n) is 2.71. The van der Waals surface area contributed by atoms with Crippen LogP contribution in [0.5, 0.6) is 0 Å². The number of hydrogen-bond acceptors (Lipinski definition) is 3. The van der Waals surface area contributed by atoms with Crippen LogP contribution in [0.3, 0.4) is 0 Å². The Bertz CT molecular complexity index is 1120. The molecule has 0 N–H and O–H groups in total. The van der Waals surface area contributed by atoms with Crippen LogP contribution in [0.25, 0.3) is 6.08 Å². The molecular weight excluding hydrogens is 407 g/mol. The molecular formula is C23H18Cl2N2O2. The zero-order chi connectivity index (χ0) is 20.8. The average Bonchev–Trinajstić information content (AvgIpc) is 2.99. The Labute approximate surface area is 179 Å². The van der Waals surface area contributed by atoms with Gasteiger partial charge >= 0.3 is 5.97 Å². The van der Waals surface area contributed by atoms with E-state index in [1.807, 2.05) is 60.0 Å². The number of benzene rings is 2. The molecule has 0 bridgehead atoms. The number of carbonyl (C=O) groups excluding carboxylic acids is 1. The fraction of sp³-hybridized carbons (Fsp3) is 0.130. The molecule has 4 nitrogen and oxygen atoms in total. The molecule has 2 aromatic carbocycles. The molecule has 0 saturated carbocycles. The van der Waals surface area contributed by atoms with Gasteiger partial charge in [-0.1, -0.05) is 59.3 Å². The van der Waals surface area contributed by atoms with Crippen LogP contribution in [0, 0.1) is 18.8 Å². The van der Waals surface area contributed by atoms with E-state index in [-0.39, 0.29) is 0 Å². The van der Waals surface area contributed by atoms with E-state index in [0.717, 1.165) is 16.7 Å². The van der Waals surface area contributed by atoms with Gasteiger partial charge in [-0.15, -0.1) is 0 Å². The molecule has 3 rings (SSSR count). The van der Waals surface area contributed by atoms with Crippen LogP contribution in [-0.2, 0) is 16.1 Å². The first-order valence-electron chi connectivity index (χ1n) is 8.82. The van der Waals surface area contributed by atoms with Crippen LogP contribution in [0.15, 0.2) is 54.6 Å². The lowest BCUT2D eigenvalue weighted by molar-refractivity contribution is -0.134. The molecule has 3 aromatic rings. The van der Waals surface area contributed by atoms with Crippen molar-refractivity contribution in [2.75, 3.05) is 7.11 Å². The Balaban J connectivity index is 1.85. The smallest absolute Gasteiger partial charge is 0.330 e. The molecule has 6 heteroatoms. The molecule has 0 atom stereocenters. The first kappa shape index (κ1) is 20.7.